The number of hydrogen-bond donors (Lipinski definition) is 0. The Labute approximate surface area is 109 Å². The van der Waals surface area contributed by atoms with Gasteiger partial charge < -0.3 is 5.48 Å². The maximum Gasteiger partial charge on any atom is 0.0707 e. The lowest BCUT2D eigenvalue weighted by Gasteiger charge is -2.19. The molecule has 0 unspecified atom stereocenters. The minimum Gasteiger partial charge on any atom is -0.412 e. The first kappa shape index (κ1) is 14.7. The molecule has 0 saturated heterocycles. The molecular weight excluding hydrogens is 222 g/mol. The molecule has 2 heteroatoms. The molecule has 0 atom stereocenters. The van der Waals surface area contributed by atoms with Crippen molar-refractivity contribution >= 4 is 10.9 Å². The van der Waals surface area contributed by atoms with Crippen LogP contribution in [-0.4, -0.2) is 10.5 Å². The molecular formula is C16H23NO. The van der Waals surface area contributed by atoms with Crippen LogP contribution in [-0.2, 0) is 11.8 Å². The average molecular weight is 245 g/mol. The van der Waals surface area contributed by atoms with Crippen LogP contribution in [0, 0.1) is 6.92 Å². The second-order valence-corrected chi connectivity index (χ2v) is 5.74. The molecule has 2 rings (SSSR count). The number of benzene rings is 1. The van der Waals surface area contributed by atoms with Gasteiger partial charge >= 0.3 is 0 Å². The molecule has 0 radical (unpaired) electrons. The van der Waals surface area contributed by atoms with Gasteiger partial charge in [0.05, 0.1) is 5.52 Å². The molecule has 0 aliphatic rings. The van der Waals surface area contributed by atoms with E-state index in [2.05, 4.69) is 57.8 Å². The van der Waals surface area contributed by atoms with Crippen molar-refractivity contribution in [2.24, 2.45) is 0 Å². The summed E-state index contributed by atoms with van der Waals surface area (Å²) in [4.78, 5) is 4.59. The average Bonchev–Trinajstić information content (AvgIpc) is 2.28. The number of aromatic nitrogens is 1. The zero-order chi connectivity index (χ0) is 12.6. The Morgan fingerprint density at radius 3 is 2.39 bits per heavy atom. The Morgan fingerprint density at radius 2 is 1.83 bits per heavy atom. The van der Waals surface area contributed by atoms with E-state index in [1.165, 1.54) is 22.1 Å². The summed E-state index contributed by atoms with van der Waals surface area (Å²) < 4.78 is 0. The number of hydrogen-bond acceptors (Lipinski definition) is 1. The van der Waals surface area contributed by atoms with Crippen LogP contribution < -0.4 is 0 Å². The molecule has 0 bridgehead atoms. The van der Waals surface area contributed by atoms with Gasteiger partial charge in [-0.3, -0.25) is 4.98 Å². The first-order valence-corrected chi connectivity index (χ1v) is 6.32. The second kappa shape index (κ2) is 5.07. The summed E-state index contributed by atoms with van der Waals surface area (Å²) in [5.41, 5.74) is 5.37. The van der Waals surface area contributed by atoms with E-state index in [1.54, 1.807) is 0 Å². The quantitative estimate of drug-likeness (QED) is 0.757. The summed E-state index contributed by atoms with van der Waals surface area (Å²) in [7, 11) is 0. The maximum absolute atomic E-state index is 4.59. The van der Waals surface area contributed by atoms with Gasteiger partial charge in [0.15, 0.2) is 0 Å². The molecule has 1 aromatic carbocycles. The number of pyridine rings is 1. The van der Waals surface area contributed by atoms with E-state index in [0.29, 0.717) is 0 Å². The van der Waals surface area contributed by atoms with E-state index < -0.39 is 0 Å². The third kappa shape index (κ3) is 2.54. The summed E-state index contributed by atoms with van der Waals surface area (Å²) in [5, 5.41) is 1.29. The molecule has 0 aliphatic carbocycles. The van der Waals surface area contributed by atoms with Crippen molar-refractivity contribution in [1.82, 2.24) is 4.98 Å². The van der Waals surface area contributed by atoms with Gasteiger partial charge in [-0.05, 0) is 41.5 Å². The van der Waals surface area contributed by atoms with Crippen molar-refractivity contribution in [3.8, 4) is 0 Å². The van der Waals surface area contributed by atoms with E-state index in [9.17, 15) is 0 Å². The summed E-state index contributed by atoms with van der Waals surface area (Å²) in [5.74, 6) is 0. The molecule has 0 saturated carbocycles. The number of fused-ring (bicyclic) bond motifs is 1. The van der Waals surface area contributed by atoms with E-state index in [4.69, 9.17) is 0 Å². The van der Waals surface area contributed by atoms with Crippen molar-refractivity contribution in [3.63, 3.8) is 0 Å². The predicted molar refractivity (Wildman–Crippen MR) is 78.2 cm³/mol. The van der Waals surface area contributed by atoms with Crippen molar-refractivity contribution in [3.05, 3.63) is 41.1 Å². The van der Waals surface area contributed by atoms with Crippen molar-refractivity contribution < 1.29 is 5.48 Å². The standard InChI is InChI=1S/C16H21N.H2O/c1-6-12-10-17-15-9-13(16(3,4)5)7-8-14(15)11(12)2;/h7-10H,6H2,1-5H3;1H2. The molecule has 2 N–H and O–H groups in total. The monoisotopic (exact) mass is 245 g/mol. The van der Waals surface area contributed by atoms with Crippen molar-refractivity contribution in [1.29, 1.82) is 0 Å². The van der Waals surface area contributed by atoms with Crippen LogP contribution in [0.3, 0.4) is 0 Å². The van der Waals surface area contributed by atoms with E-state index >= 15 is 0 Å². The highest BCUT2D eigenvalue weighted by Gasteiger charge is 2.14. The molecule has 0 aliphatic heterocycles. The Bertz CT molecular complexity index is 553. The van der Waals surface area contributed by atoms with Crippen molar-refractivity contribution in [2.75, 3.05) is 0 Å². The van der Waals surface area contributed by atoms with Crippen LogP contribution in [0.4, 0.5) is 0 Å². The normalized spacial score (nSPS) is 11.4. The van der Waals surface area contributed by atoms with Crippen LogP contribution in [0.25, 0.3) is 10.9 Å². The third-order valence-electron chi connectivity index (χ3n) is 3.49. The second-order valence-electron chi connectivity index (χ2n) is 5.74. The molecule has 98 valence electrons. The summed E-state index contributed by atoms with van der Waals surface area (Å²) in [6, 6.07) is 6.68. The highest BCUT2D eigenvalue weighted by Crippen LogP contribution is 2.27. The molecule has 2 nitrogen and oxygen atoms in total. The number of aryl methyl sites for hydroxylation is 2. The third-order valence-corrected chi connectivity index (χ3v) is 3.49. The minimum absolute atomic E-state index is 0. The van der Waals surface area contributed by atoms with Gasteiger partial charge in [0.25, 0.3) is 0 Å². The molecule has 18 heavy (non-hydrogen) atoms. The Balaban J connectivity index is 0.00000162. The van der Waals surface area contributed by atoms with Gasteiger partial charge in [0.1, 0.15) is 0 Å². The lowest BCUT2D eigenvalue weighted by atomic mass is 9.86. The number of rotatable bonds is 1. The van der Waals surface area contributed by atoms with Gasteiger partial charge in [-0.15, -0.1) is 0 Å². The maximum atomic E-state index is 4.59. The molecule has 1 aromatic heterocycles. The topological polar surface area (TPSA) is 44.4 Å². The largest absolute Gasteiger partial charge is 0.412 e. The molecule has 1 heterocycles. The van der Waals surface area contributed by atoms with Gasteiger partial charge in [-0.1, -0.05) is 39.8 Å². The Hall–Kier alpha value is -1.41. The van der Waals surface area contributed by atoms with Gasteiger partial charge in [0.2, 0.25) is 0 Å². The highest BCUT2D eigenvalue weighted by molar-refractivity contribution is 5.83. The van der Waals surface area contributed by atoms with Crippen LogP contribution in [0.1, 0.15) is 44.4 Å². The first-order valence-electron chi connectivity index (χ1n) is 6.32. The first-order chi connectivity index (χ1) is 7.93. The molecule has 0 fully saturated rings. The van der Waals surface area contributed by atoms with Gasteiger partial charge in [-0.25, -0.2) is 0 Å². The highest BCUT2D eigenvalue weighted by atomic mass is 16.0. The summed E-state index contributed by atoms with van der Waals surface area (Å²) in [6.07, 6.45) is 3.07. The fourth-order valence-corrected chi connectivity index (χ4v) is 2.20. The van der Waals surface area contributed by atoms with Gasteiger partial charge in [0, 0.05) is 11.6 Å². The lowest BCUT2D eigenvalue weighted by molar-refractivity contribution is 0.591. The van der Waals surface area contributed by atoms with E-state index in [1.807, 2.05) is 6.20 Å². The molecule has 0 spiro atoms. The van der Waals surface area contributed by atoms with Crippen LogP contribution in [0.5, 0.6) is 0 Å². The zero-order valence-corrected chi connectivity index (χ0v) is 12.0. The zero-order valence-electron chi connectivity index (χ0n) is 12.0. The van der Waals surface area contributed by atoms with E-state index in [0.717, 1.165) is 11.9 Å². The lowest BCUT2D eigenvalue weighted by Crippen LogP contribution is -2.10. The van der Waals surface area contributed by atoms with Crippen LogP contribution >= 0.6 is 0 Å². The summed E-state index contributed by atoms with van der Waals surface area (Å²) >= 11 is 0. The Morgan fingerprint density at radius 1 is 1.17 bits per heavy atom. The fourth-order valence-electron chi connectivity index (χ4n) is 2.20. The SMILES string of the molecule is CCc1cnc2cc(C(C)(C)C)ccc2c1C.O. The van der Waals surface area contributed by atoms with Crippen LogP contribution in [0.15, 0.2) is 24.4 Å². The van der Waals surface area contributed by atoms with Gasteiger partial charge in [-0.2, -0.15) is 0 Å². The Kier molecular flexibility index (Phi) is 4.12. The fraction of sp³-hybridized carbons (Fsp3) is 0.438. The number of nitrogens with zero attached hydrogens (tertiary/aromatic N) is 1. The smallest absolute Gasteiger partial charge is 0.0707 e. The minimum atomic E-state index is 0. The predicted octanol–water partition coefficient (Wildman–Crippen LogP) is 3.58. The summed E-state index contributed by atoms with van der Waals surface area (Å²) in [6.45, 7) is 11.1. The van der Waals surface area contributed by atoms with Crippen molar-refractivity contribution in [2.45, 2.75) is 46.5 Å². The van der Waals surface area contributed by atoms with E-state index in [-0.39, 0.29) is 10.9 Å². The molecule has 0 amide bonds. The molecule has 2 aromatic rings. The van der Waals surface area contributed by atoms with Crippen LogP contribution in [0.2, 0.25) is 0 Å².